The third-order valence-electron chi connectivity index (χ3n) is 4.68. The summed E-state index contributed by atoms with van der Waals surface area (Å²) < 4.78 is 18.5. The first-order valence-corrected chi connectivity index (χ1v) is 9.68. The van der Waals surface area contributed by atoms with Gasteiger partial charge in [-0.2, -0.15) is 0 Å². The lowest BCUT2D eigenvalue weighted by atomic mass is 10.2. The Morgan fingerprint density at radius 3 is 2.62 bits per heavy atom. The van der Waals surface area contributed by atoms with Gasteiger partial charge in [0.25, 0.3) is 5.91 Å². The topological polar surface area (TPSA) is 91.7 Å². The summed E-state index contributed by atoms with van der Waals surface area (Å²) in [5, 5.41) is 5.18. The van der Waals surface area contributed by atoms with Crippen LogP contribution < -0.4 is 15.5 Å². The first-order valence-electron chi connectivity index (χ1n) is 9.30. The van der Waals surface area contributed by atoms with Gasteiger partial charge >= 0.3 is 0 Å². The average molecular weight is 422 g/mol. The van der Waals surface area contributed by atoms with Crippen molar-refractivity contribution in [3.8, 4) is 0 Å². The Kier molecular flexibility index (Phi) is 6.87. The van der Waals surface area contributed by atoms with Crippen molar-refractivity contribution in [1.82, 2.24) is 10.6 Å². The monoisotopic (exact) mass is 421 g/mol. The molecule has 154 valence electrons. The SMILES string of the molecule is O=C(CN(C(=O)CNC(=O)c1ccco1)c1ccc(F)c(Cl)c1)NC1CCCC1. The number of benzene rings is 1. The number of furan rings is 1. The highest BCUT2D eigenvalue weighted by Gasteiger charge is 2.24. The summed E-state index contributed by atoms with van der Waals surface area (Å²) in [6.07, 6.45) is 5.26. The van der Waals surface area contributed by atoms with Crippen molar-refractivity contribution in [2.24, 2.45) is 0 Å². The zero-order valence-corrected chi connectivity index (χ0v) is 16.4. The molecule has 1 saturated carbocycles. The molecule has 2 aromatic rings. The Balaban J connectivity index is 1.70. The number of halogens is 2. The molecule has 3 rings (SSSR count). The van der Waals surface area contributed by atoms with E-state index in [1.54, 1.807) is 6.07 Å². The molecule has 0 unspecified atom stereocenters. The molecule has 29 heavy (non-hydrogen) atoms. The van der Waals surface area contributed by atoms with Gasteiger partial charge in [0, 0.05) is 11.7 Å². The molecule has 0 radical (unpaired) electrons. The van der Waals surface area contributed by atoms with Crippen LogP contribution in [0.3, 0.4) is 0 Å². The minimum absolute atomic E-state index is 0.0631. The molecule has 7 nitrogen and oxygen atoms in total. The Bertz CT molecular complexity index is 882. The van der Waals surface area contributed by atoms with Gasteiger partial charge in [0.1, 0.15) is 12.4 Å². The quantitative estimate of drug-likeness (QED) is 0.719. The van der Waals surface area contributed by atoms with E-state index in [0.29, 0.717) is 0 Å². The first kappa shape index (κ1) is 20.9. The molecule has 1 aromatic heterocycles. The van der Waals surface area contributed by atoms with Crippen molar-refractivity contribution >= 4 is 35.0 Å². The summed E-state index contributed by atoms with van der Waals surface area (Å²) in [6.45, 7) is -0.640. The summed E-state index contributed by atoms with van der Waals surface area (Å²) in [5.74, 6) is -2.01. The molecule has 3 amide bonds. The number of carbonyl (C=O) groups excluding carboxylic acids is 3. The van der Waals surface area contributed by atoms with Gasteiger partial charge < -0.3 is 20.0 Å². The van der Waals surface area contributed by atoms with Gasteiger partial charge in [-0.1, -0.05) is 24.4 Å². The highest BCUT2D eigenvalue weighted by Crippen LogP contribution is 2.23. The maximum Gasteiger partial charge on any atom is 0.287 e. The number of nitrogens with one attached hydrogen (secondary N) is 2. The van der Waals surface area contributed by atoms with Crippen molar-refractivity contribution in [3.63, 3.8) is 0 Å². The molecule has 0 atom stereocenters. The van der Waals surface area contributed by atoms with Crippen LogP contribution in [-0.4, -0.2) is 36.9 Å². The fourth-order valence-electron chi connectivity index (χ4n) is 3.21. The van der Waals surface area contributed by atoms with Gasteiger partial charge in [-0.3, -0.25) is 14.4 Å². The smallest absolute Gasteiger partial charge is 0.287 e. The fourth-order valence-corrected chi connectivity index (χ4v) is 3.38. The Morgan fingerprint density at radius 2 is 1.97 bits per heavy atom. The summed E-state index contributed by atoms with van der Waals surface area (Å²) in [5.41, 5.74) is 0.259. The molecule has 1 aliphatic carbocycles. The summed E-state index contributed by atoms with van der Waals surface area (Å²) in [6, 6.07) is 6.86. The zero-order chi connectivity index (χ0) is 20.8. The van der Waals surface area contributed by atoms with Crippen molar-refractivity contribution in [3.05, 3.63) is 53.2 Å². The highest BCUT2D eigenvalue weighted by atomic mass is 35.5. The first-order chi connectivity index (χ1) is 13.9. The van der Waals surface area contributed by atoms with Crippen molar-refractivity contribution < 1.29 is 23.2 Å². The second-order valence-corrected chi connectivity index (χ2v) is 7.19. The fraction of sp³-hybridized carbons (Fsp3) is 0.350. The van der Waals surface area contributed by atoms with E-state index in [1.807, 2.05) is 0 Å². The third kappa shape index (κ3) is 5.57. The van der Waals surface area contributed by atoms with Crippen LogP contribution in [-0.2, 0) is 9.59 Å². The number of hydrogen-bond acceptors (Lipinski definition) is 4. The van der Waals surface area contributed by atoms with E-state index in [0.717, 1.165) is 36.6 Å². The summed E-state index contributed by atoms with van der Waals surface area (Å²) in [4.78, 5) is 38.4. The predicted octanol–water partition coefficient (Wildman–Crippen LogP) is 2.89. The lowest BCUT2D eigenvalue weighted by molar-refractivity contribution is -0.123. The lowest BCUT2D eigenvalue weighted by Crippen LogP contribution is -2.47. The van der Waals surface area contributed by atoms with E-state index in [4.69, 9.17) is 16.0 Å². The van der Waals surface area contributed by atoms with E-state index in [1.165, 1.54) is 24.5 Å². The molecule has 2 N–H and O–H groups in total. The molecular formula is C20H21ClFN3O4. The van der Waals surface area contributed by atoms with E-state index >= 15 is 0 Å². The van der Waals surface area contributed by atoms with E-state index < -0.39 is 17.6 Å². The number of rotatable bonds is 7. The lowest BCUT2D eigenvalue weighted by Gasteiger charge is -2.24. The molecular weight excluding hydrogens is 401 g/mol. The van der Waals surface area contributed by atoms with E-state index in [9.17, 15) is 18.8 Å². The zero-order valence-electron chi connectivity index (χ0n) is 15.6. The third-order valence-corrected chi connectivity index (χ3v) is 4.97. The summed E-state index contributed by atoms with van der Waals surface area (Å²) >= 11 is 5.84. The Hall–Kier alpha value is -2.87. The van der Waals surface area contributed by atoms with E-state index in [-0.39, 0.29) is 41.5 Å². The molecule has 1 fully saturated rings. The summed E-state index contributed by atoms with van der Waals surface area (Å²) in [7, 11) is 0. The van der Waals surface area contributed by atoms with Gasteiger partial charge in [-0.15, -0.1) is 0 Å². The van der Waals surface area contributed by atoms with Gasteiger partial charge in [0.2, 0.25) is 11.8 Å². The van der Waals surface area contributed by atoms with Crippen LogP contribution >= 0.6 is 11.6 Å². The van der Waals surface area contributed by atoms with Crippen molar-refractivity contribution in [2.75, 3.05) is 18.0 Å². The largest absolute Gasteiger partial charge is 0.459 e. The minimum Gasteiger partial charge on any atom is -0.459 e. The van der Waals surface area contributed by atoms with Crippen molar-refractivity contribution in [1.29, 1.82) is 0 Å². The second kappa shape index (κ2) is 9.56. The number of carbonyl (C=O) groups is 3. The molecule has 1 aliphatic rings. The number of nitrogens with zero attached hydrogens (tertiary/aromatic N) is 1. The van der Waals surface area contributed by atoms with Crippen LogP contribution in [0.4, 0.5) is 10.1 Å². The molecule has 0 saturated heterocycles. The molecule has 0 bridgehead atoms. The molecule has 0 aliphatic heterocycles. The predicted molar refractivity (Wildman–Crippen MR) is 105 cm³/mol. The van der Waals surface area contributed by atoms with Crippen LogP contribution in [0.2, 0.25) is 5.02 Å². The maximum absolute atomic E-state index is 13.5. The molecule has 0 spiro atoms. The number of hydrogen-bond donors (Lipinski definition) is 2. The van der Waals surface area contributed by atoms with Gasteiger partial charge in [0.05, 0.1) is 17.8 Å². The molecule has 9 heteroatoms. The van der Waals surface area contributed by atoms with Crippen LogP contribution in [0.15, 0.2) is 41.0 Å². The van der Waals surface area contributed by atoms with Gasteiger partial charge in [-0.25, -0.2) is 4.39 Å². The number of anilines is 1. The van der Waals surface area contributed by atoms with Crippen LogP contribution in [0.1, 0.15) is 36.2 Å². The Labute approximate surface area is 172 Å². The molecule has 1 heterocycles. The highest BCUT2D eigenvalue weighted by molar-refractivity contribution is 6.31. The maximum atomic E-state index is 13.5. The minimum atomic E-state index is -0.635. The van der Waals surface area contributed by atoms with E-state index in [2.05, 4.69) is 10.6 Å². The number of amides is 3. The van der Waals surface area contributed by atoms with Gasteiger partial charge in [0.15, 0.2) is 5.76 Å². The average Bonchev–Trinajstić information content (AvgIpc) is 3.40. The molecule has 1 aromatic carbocycles. The normalized spacial score (nSPS) is 13.9. The van der Waals surface area contributed by atoms with Gasteiger partial charge in [-0.05, 0) is 43.2 Å². The standard InChI is InChI=1S/C20H21ClFN3O4/c21-15-10-14(7-8-16(15)22)25(12-18(26)24-13-4-1-2-5-13)19(27)11-23-20(28)17-6-3-9-29-17/h3,6-10,13H,1-2,4-5,11-12H2,(H,23,28)(H,24,26). The van der Waals surface area contributed by atoms with Crippen molar-refractivity contribution in [2.45, 2.75) is 31.7 Å². The Morgan fingerprint density at radius 1 is 1.21 bits per heavy atom. The second-order valence-electron chi connectivity index (χ2n) is 6.79. The van der Waals surface area contributed by atoms with Crippen LogP contribution in [0.25, 0.3) is 0 Å². The van der Waals surface area contributed by atoms with Crippen LogP contribution in [0.5, 0.6) is 0 Å². The van der Waals surface area contributed by atoms with Crippen LogP contribution in [0, 0.1) is 5.82 Å².